The van der Waals surface area contributed by atoms with Crippen molar-refractivity contribution in [2.24, 2.45) is 0 Å². The van der Waals surface area contributed by atoms with Crippen molar-refractivity contribution in [3.63, 3.8) is 0 Å². The van der Waals surface area contributed by atoms with Crippen LogP contribution in [0.15, 0.2) is 18.2 Å². The fourth-order valence-electron chi connectivity index (χ4n) is 5.19. The lowest BCUT2D eigenvalue weighted by Crippen LogP contribution is -2.54. The highest BCUT2D eigenvalue weighted by atomic mass is 16.2. The Morgan fingerprint density at radius 2 is 1.90 bits per heavy atom. The molecule has 4 aliphatic rings. The van der Waals surface area contributed by atoms with Gasteiger partial charge < -0.3 is 5.32 Å². The first kappa shape index (κ1) is 18.4. The van der Waals surface area contributed by atoms with Crippen LogP contribution in [0.2, 0.25) is 0 Å². The van der Waals surface area contributed by atoms with Crippen LogP contribution in [0.4, 0.5) is 0 Å². The summed E-state index contributed by atoms with van der Waals surface area (Å²) >= 11 is 0. The van der Waals surface area contributed by atoms with Gasteiger partial charge in [-0.2, -0.15) is 0 Å². The van der Waals surface area contributed by atoms with Crippen molar-refractivity contribution in [3.8, 4) is 0 Å². The Hall–Kier alpha value is -2.58. The van der Waals surface area contributed by atoms with Gasteiger partial charge in [-0.3, -0.25) is 34.3 Å². The second-order valence-corrected chi connectivity index (χ2v) is 8.60. The lowest BCUT2D eigenvalue weighted by Gasteiger charge is -2.27. The lowest BCUT2D eigenvalue weighted by molar-refractivity contribution is -0.136. The van der Waals surface area contributed by atoms with Gasteiger partial charge in [0.15, 0.2) is 0 Å². The fraction of sp³-hybridized carbons (Fsp3) is 0.524. The molecule has 0 saturated carbocycles. The first-order valence-corrected chi connectivity index (χ1v) is 10.3. The number of nitrogens with one attached hydrogen (secondary N) is 2. The van der Waals surface area contributed by atoms with E-state index in [1.807, 2.05) is 6.07 Å². The Morgan fingerprint density at radius 1 is 1.07 bits per heavy atom. The van der Waals surface area contributed by atoms with Crippen LogP contribution in [-0.2, 0) is 16.1 Å². The zero-order valence-corrected chi connectivity index (χ0v) is 16.2. The average Bonchev–Trinajstić information content (AvgIpc) is 3.38. The number of piperidine rings is 1. The molecule has 0 aliphatic carbocycles. The summed E-state index contributed by atoms with van der Waals surface area (Å²) in [5, 5.41) is 5.86. The topological polar surface area (TPSA) is 98.8 Å². The number of hydrogen-bond donors (Lipinski definition) is 2. The molecule has 4 aliphatic heterocycles. The summed E-state index contributed by atoms with van der Waals surface area (Å²) in [6, 6.07) is 4.45. The summed E-state index contributed by atoms with van der Waals surface area (Å²) < 4.78 is 0. The zero-order chi connectivity index (χ0) is 20.2. The molecule has 1 aromatic rings. The molecule has 3 saturated heterocycles. The van der Waals surface area contributed by atoms with E-state index < -0.39 is 23.8 Å². The molecule has 29 heavy (non-hydrogen) atoms. The van der Waals surface area contributed by atoms with Gasteiger partial charge in [0.2, 0.25) is 11.8 Å². The largest absolute Gasteiger partial charge is 0.310 e. The van der Waals surface area contributed by atoms with Gasteiger partial charge in [-0.15, -0.1) is 0 Å². The molecule has 8 nitrogen and oxygen atoms in total. The molecule has 8 heteroatoms. The summed E-state index contributed by atoms with van der Waals surface area (Å²) in [6.45, 7) is 3.83. The number of hydrogen-bond acceptors (Lipinski definition) is 6. The summed E-state index contributed by atoms with van der Waals surface area (Å²) in [6.07, 6.45) is 3.87. The zero-order valence-electron chi connectivity index (χ0n) is 16.2. The van der Waals surface area contributed by atoms with E-state index >= 15 is 0 Å². The van der Waals surface area contributed by atoms with Crippen LogP contribution >= 0.6 is 0 Å². The molecule has 2 unspecified atom stereocenters. The number of benzene rings is 1. The van der Waals surface area contributed by atoms with Crippen LogP contribution in [0.25, 0.3) is 0 Å². The van der Waals surface area contributed by atoms with Gasteiger partial charge in [0.05, 0.1) is 11.1 Å². The highest BCUT2D eigenvalue weighted by Crippen LogP contribution is 2.32. The van der Waals surface area contributed by atoms with Gasteiger partial charge in [-0.25, -0.2) is 0 Å². The van der Waals surface area contributed by atoms with Gasteiger partial charge >= 0.3 is 0 Å². The maximum absolute atomic E-state index is 12.9. The van der Waals surface area contributed by atoms with Crippen molar-refractivity contribution < 1.29 is 19.2 Å². The normalized spacial score (nSPS) is 29.8. The van der Waals surface area contributed by atoms with Crippen LogP contribution in [0.3, 0.4) is 0 Å². The van der Waals surface area contributed by atoms with Crippen molar-refractivity contribution in [2.75, 3.05) is 19.6 Å². The Bertz CT molecular complexity index is 921. The Balaban J connectivity index is 1.33. The van der Waals surface area contributed by atoms with Crippen LogP contribution in [0, 0.1) is 0 Å². The number of fused-ring (bicyclic) bond motifs is 1. The third kappa shape index (κ3) is 3.07. The highest BCUT2D eigenvalue weighted by Gasteiger charge is 2.45. The molecule has 0 bridgehead atoms. The standard InChI is InChI=1S/C21H24N4O4/c26-17-5-4-16(18(27)23-17)25-19(28)14-3-2-13(10-15(14)20(25)29)11-24-9-7-21(12-24)6-1-8-22-21/h2-3,10,16,22H,1,4-9,11-12H2,(H,23,26,27). The summed E-state index contributed by atoms with van der Waals surface area (Å²) in [5.41, 5.74) is 1.92. The van der Waals surface area contributed by atoms with E-state index in [0.29, 0.717) is 11.1 Å². The maximum atomic E-state index is 12.9. The number of likely N-dealkylation sites (tertiary alicyclic amines) is 1. The number of imide groups is 2. The van der Waals surface area contributed by atoms with Crippen LogP contribution in [0.5, 0.6) is 0 Å². The quantitative estimate of drug-likeness (QED) is 0.719. The number of carbonyl (C=O) groups is 4. The molecule has 5 rings (SSSR count). The minimum atomic E-state index is -0.921. The van der Waals surface area contributed by atoms with Crippen molar-refractivity contribution in [1.29, 1.82) is 0 Å². The first-order chi connectivity index (χ1) is 14.0. The monoisotopic (exact) mass is 396 g/mol. The van der Waals surface area contributed by atoms with Crippen LogP contribution in [0.1, 0.15) is 58.4 Å². The van der Waals surface area contributed by atoms with E-state index in [0.717, 1.165) is 43.1 Å². The number of nitrogens with zero attached hydrogens (tertiary/aromatic N) is 2. The Labute approximate surface area is 168 Å². The molecule has 152 valence electrons. The molecule has 0 radical (unpaired) electrons. The minimum absolute atomic E-state index is 0.125. The van der Waals surface area contributed by atoms with Crippen LogP contribution in [-0.4, -0.2) is 64.6 Å². The predicted octanol–water partition coefficient (Wildman–Crippen LogP) is 0.416. The SMILES string of the molecule is O=C1CCC(N2C(=O)c3ccc(CN4CCC5(CCCN5)C4)cc3C2=O)C(=O)N1. The van der Waals surface area contributed by atoms with Crippen molar-refractivity contribution in [3.05, 3.63) is 34.9 Å². The number of amides is 4. The third-order valence-corrected chi connectivity index (χ3v) is 6.68. The van der Waals surface area contributed by atoms with Gasteiger partial charge in [-0.05, 0) is 49.9 Å². The molecule has 1 spiro atoms. The fourth-order valence-corrected chi connectivity index (χ4v) is 5.19. The maximum Gasteiger partial charge on any atom is 0.262 e. The van der Waals surface area contributed by atoms with Gasteiger partial charge in [0.1, 0.15) is 6.04 Å². The number of carbonyl (C=O) groups excluding carboxylic acids is 4. The van der Waals surface area contributed by atoms with E-state index in [9.17, 15) is 19.2 Å². The van der Waals surface area contributed by atoms with E-state index in [1.165, 1.54) is 12.8 Å². The summed E-state index contributed by atoms with van der Waals surface area (Å²) in [5.74, 6) is -1.86. The summed E-state index contributed by atoms with van der Waals surface area (Å²) in [7, 11) is 0. The molecule has 4 heterocycles. The smallest absolute Gasteiger partial charge is 0.262 e. The third-order valence-electron chi connectivity index (χ3n) is 6.68. The Morgan fingerprint density at radius 3 is 2.66 bits per heavy atom. The van der Waals surface area contributed by atoms with Gasteiger partial charge in [-0.1, -0.05) is 6.07 Å². The van der Waals surface area contributed by atoms with Gasteiger partial charge in [0.25, 0.3) is 11.8 Å². The second kappa shape index (κ2) is 6.74. The van der Waals surface area contributed by atoms with Crippen molar-refractivity contribution in [1.82, 2.24) is 20.4 Å². The Kier molecular flexibility index (Phi) is 4.29. The minimum Gasteiger partial charge on any atom is -0.310 e. The molecule has 2 N–H and O–H groups in total. The predicted molar refractivity (Wildman–Crippen MR) is 103 cm³/mol. The molecule has 0 aromatic heterocycles. The summed E-state index contributed by atoms with van der Waals surface area (Å²) in [4.78, 5) is 52.7. The first-order valence-electron chi connectivity index (χ1n) is 10.3. The molecule has 3 fully saturated rings. The lowest BCUT2D eigenvalue weighted by atomic mass is 9.97. The molecule has 4 amide bonds. The van der Waals surface area contributed by atoms with Crippen molar-refractivity contribution in [2.45, 2.75) is 50.2 Å². The molecular formula is C21H24N4O4. The molecule has 2 atom stereocenters. The molecular weight excluding hydrogens is 372 g/mol. The molecule has 1 aromatic carbocycles. The van der Waals surface area contributed by atoms with E-state index in [4.69, 9.17) is 0 Å². The second-order valence-electron chi connectivity index (χ2n) is 8.60. The van der Waals surface area contributed by atoms with Crippen molar-refractivity contribution >= 4 is 23.6 Å². The number of rotatable bonds is 3. The average molecular weight is 396 g/mol. The highest BCUT2D eigenvalue weighted by molar-refractivity contribution is 6.23. The van der Waals surface area contributed by atoms with Gasteiger partial charge in [0, 0.05) is 31.6 Å². The van der Waals surface area contributed by atoms with E-state index in [1.54, 1.807) is 12.1 Å². The van der Waals surface area contributed by atoms with E-state index in [-0.39, 0.29) is 24.3 Å². The van der Waals surface area contributed by atoms with Crippen LogP contribution < -0.4 is 10.6 Å². The van der Waals surface area contributed by atoms with E-state index in [2.05, 4.69) is 15.5 Å².